The number of alkyl carbamates (subject to hydrolysis) is 1. The standard InChI is InChI=1S/C41H60N2O22S/c1-13-15-29(66-18-26(38(52)54-14-2)42-40(53)65-41(10,11)12)36(51)43-37-34(60-24(8)49)32(58-22(6)47)31(27(62-37)16-55-19(3)44)64-39-35(61-25(9)50)33(59-23(7)48)30(57-21(5)46)28(63-39)17-56-20(4)45/h13,26-35,37,39H,1,14-18H2,2-12H3,(H,42,53)(H,43,51)/t26?,27?,28?,29?,30-,31-,32+,33+,34?,35?,37-,39-/m0/s1. The Hall–Kier alpha value is -5.53. The lowest BCUT2D eigenvalue weighted by Gasteiger charge is -2.49. The predicted octanol–water partition coefficient (Wildman–Crippen LogP) is 0.857. The van der Waals surface area contributed by atoms with Gasteiger partial charge in [0, 0.05) is 54.2 Å². The lowest BCUT2D eigenvalue weighted by Crippen LogP contribution is -2.69. The summed E-state index contributed by atoms with van der Waals surface area (Å²) in [7, 11) is 0. The van der Waals surface area contributed by atoms with Gasteiger partial charge in [-0.1, -0.05) is 6.08 Å². The maximum Gasteiger partial charge on any atom is 0.408 e. The fourth-order valence-corrected chi connectivity index (χ4v) is 7.47. The van der Waals surface area contributed by atoms with E-state index in [2.05, 4.69) is 17.2 Å². The van der Waals surface area contributed by atoms with Crippen LogP contribution in [0, 0.1) is 0 Å². The van der Waals surface area contributed by atoms with Crippen LogP contribution in [-0.4, -0.2) is 164 Å². The van der Waals surface area contributed by atoms with Crippen molar-refractivity contribution in [1.82, 2.24) is 10.6 Å². The van der Waals surface area contributed by atoms with Gasteiger partial charge in [0.25, 0.3) is 0 Å². The van der Waals surface area contributed by atoms with Gasteiger partial charge >= 0.3 is 53.8 Å². The van der Waals surface area contributed by atoms with E-state index in [0.717, 1.165) is 60.2 Å². The molecule has 0 radical (unpaired) electrons. The predicted molar refractivity (Wildman–Crippen MR) is 222 cm³/mol. The van der Waals surface area contributed by atoms with Crippen molar-refractivity contribution in [3.05, 3.63) is 12.7 Å². The van der Waals surface area contributed by atoms with Gasteiger partial charge in [0.2, 0.25) is 5.91 Å². The minimum absolute atomic E-state index is 0.0282. The van der Waals surface area contributed by atoms with Gasteiger partial charge in [-0.05, 0) is 34.1 Å². The molecule has 0 saturated carbocycles. The lowest BCUT2D eigenvalue weighted by molar-refractivity contribution is -0.345. The van der Waals surface area contributed by atoms with E-state index in [1.807, 2.05) is 0 Å². The molecule has 2 aliphatic rings. The van der Waals surface area contributed by atoms with Crippen molar-refractivity contribution < 1.29 is 105 Å². The first kappa shape index (κ1) is 56.6. The van der Waals surface area contributed by atoms with Gasteiger partial charge < -0.3 is 67.5 Å². The second kappa shape index (κ2) is 26.6. The quantitative estimate of drug-likeness (QED) is 0.0915. The van der Waals surface area contributed by atoms with Gasteiger partial charge in [-0.2, -0.15) is 0 Å². The SMILES string of the molecule is C=CCC(SCC(NC(=O)OC(C)(C)C)C(=O)OCC)C(=O)N[C@H]1OC(COC(C)=O)[C@H](O[C@@H]2OC(COC(C)=O)[C@H](OC(C)=O)[C@@H](OC(C)=O)C2OC(C)=O)[C@@H](OC(C)=O)C1OC(C)=O. The molecule has 0 aliphatic carbocycles. The molecule has 2 saturated heterocycles. The molecule has 24 nitrogen and oxygen atoms in total. The van der Waals surface area contributed by atoms with Gasteiger partial charge in [0.1, 0.15) is 43.2 Å². The van der Waals surface area contributed by atoms with Crippen molar-refractivity contribution in [1.29, 1.82) is 0 Å². The minimum Gasteiger partial charge on any atom is -0.464 e. The Balaban J connectivity index is 2.71. The molecule has 66 heavy (non-hydrogen) atoms. The highest BCUT2D eigenvalue weighted by atomic mass is 32.2. The second-order valence-electron chi connectivity index (χ2n) is 15.5. The summed E-state index contributed by atoms with van der Waals surface area (Å²) in [4.78, 5) is 127. The van der Waals surface area contributed by atoms with Crippen molar-refractivity contribution in [3.8, 4) is 0 Å². The number of esters is 8. The summed E-state index contributed by atoms with van der Waals surface area (Å²) in [6.45, 7) is 15.9. The van der Waals surface area contributed by atoms with Crippen LogP contribution in [0.4, 0.5) is 4.79 Å². The molecule has 372 valence electrons. The summed E-state index contributed by atoms with van der Waals surface area (Å²) in [5.74, 6) is -8.31. The van der Waals surface area contributed by atoms with Crippen LogP contribution in [0.2, 0.25) is 0 Å². The van der Waals surface area contributed by atoms with Crippen molar-refractivity contribution in [2.75, 3.05) is 25.6 Å². The Kier molecular flexibility index (Phi) is 22.8. The van der Waals surface area contributed by atoms with Gasteiger partial charge in [-0.25, -0.2) is 9.59 Å². The Morgan fingerprint density at radius 3 is 1.58 bits per heavy atom. The molecule has 6 unspecified atom stereocenters. The number of hydrogen-bond donors (Lipinski definition) is 2. The third-order valence-electron chi connectivity index (χ3n) is 8.61. The van der Waals surface area contributed by atoms with Crippen molar-refractivity contribution in [2.45, 2.75) is 161 Å². The number of carbonyl (C=O) groups is 10. The largest absolute Gasteiger partial charge is 0.464 e. The normalized spacial score (nSPS) is 25.7. The Morgan fingerprint density at radius 2 is 1.11 bits per heavy atom. The fraction of sp³-hybridized carbons (Fsp3) is 0.707. The van der Waals surface area contributed by atoms with Crippen molar-refractivity contribution in [3.63, 3.8) is 0 Å². The third kappa shape index (κ3) is 19.1. The molecule has 25 heteroatoms. The molecule has 2 fully saturated rings. The maximum atomic E-state index is 14.1. The van der Waals surface area contributed by atoms with E-state index < -0.39 is 151 Å². The Morgan fingerprint density at radius 1 is 0.636 bits per heavy atom. The van der Waals surface area contributed by atoms with Crippen LogP contribution in [0.5, 0.6) is 0 Å². The van der Waals surface area contributed by atoms with Crippen LogP contribution < -0.4 is 10.6 Å². The topological polar surface area (TPSA) is 306 Å². The average molecular weight is 965 g/mol. The summed E-state index contributed by atoms with van der Waals surface area (Å²) in [5, 5.41) is 3.95. The number of amides is 2. The smallest absolute Gasteiger partial charge is 0.408 e. The first-order chi connectivity index (χ1) is 30.8. The first-order valence-corrected chi connectivity index (χ1v) is 21.6. The minimum atomic E-state index is -1.92. The molecular formula is C41H60N2O22S. The van der Waals surface area contributed by atoms with Gasteiger partial charge in [0.15, 0.2) is 43.0 Å². The number of nitrogens with one attached hydrogen (secondary N) is 2. The summed E-state index contributed by atoms with van der Waals surface area (Å²) >= 11 is 0.896. The van der Waals surface area contributed by atoms with E-state index in [9.17, 15) is 47.9 Å². The van der Waals surface area contributed by atoms with Crippen LogP contribution in [0.25, 0.3) is 0 Å². The van der Waals surface area contributed by atoms with E-state index in [1.54, 1.807) is 27.7 Å². The molecular weight excluding hydrogens is 905 g/mol. The molecule has 2 rings (SSSR count). The van der Waals surface area contributed by atoms with Crippen LogP contribution in [0.3, 0.4) is 0 Å². The van der Waals surface area contributed by atoms with E-state index >= 15 is 0 Å². The highest BCUT2D eigenvalue weighted by Crippen LogP contribution is 2.35. The third-order valence-corrected chi connectivity index (χ3v) is 9.95. The van der Waals surface area contributed by atoms with E-state index in [4.69, 9.17) is 56.8 Å². The van der Waals surface area contributed by atoms with Gasteiger partial charge in [-0.15, -0.1) is 18.3 Å². The van der Waals surface area contributed by atoms with Gasteiger partial charge in [-0.3, -0.25) is 38.4 Å². The molecule has 2 heterocycles. The summed E-state index contributed by atoms with van der Waals surface area (Å²) in [6.07, 6.45) is -16.7. The highest BCUT2D eigenvalue weighted by Gasteiger charge is 2.57. The number of ether oxygens (including phenoxy) is 12. The molecule has 0 aromatic heterocycles. The first-order valence-electron chi connectivity index (χ1n) is 20.5. The number of hydrogen-bond acceptors (Lipinski definition) is 23. The monoisotopic (exact) mass is 964 g/mol. The average Bonchev–Trinajstić information content (AvgIpc) is 3.17. The van der Waals surface area contributed by atoms with E-state index in [-0.39, 0.29) is 18.8 Å². The number of thioether (sulfide) groups is 1. The van der Waals surface area contributed by atoms with Gasteiger partial charge in [0.05, 0.1) is 11.9 Å². The Bertz CT molecular complexity index is 1770. The molecule has 0 aromatic rings. The Labute approximate surface area is 385 Å². The molecule has 2 aliphatic heterocycles. The van der Waals surface area contributed by atoms with Crippen LogP contribution >= 0.6 is 11.8 Å². The maximum absolute atomic E-state index is 14.1. The van der Waals surface area contributed by atoms with E-state index in [1.165, 1.54) is 6.08 Å². The van der Waals surface area contributed by atoms with Crippen molar-refractivity contribution >= 4 is 71.5 Å². The highest BCUT2D eigenvalue weighted by molar-refractivity contribution is 8.00. The van der Waals surface area contributed by atoms with Crippen LogP contribution in [0.1, 0.15) is 82.6 Å². The number of carbonyl (C=O) groups excluding carboxylic acids is 10. The lowest BCUT2D eigenvalue weighted by atomic mass is 9.95. The van der Waals surface area contributed by atoms with Crippen LogP contribution in [-0.2, 0) is 100.0 Å². The summed E-state index contributed by atoms with van der Waals surface area (Å²) in [5.41, 5.74) is -0.913. The van der Waals surface area contributed by atoms with Crippen LogP contribution in [0.15, 0.2) is 12.7 Å². The zero-order valence-electron chi connectivity index (χ0n) is 38.6. The van der Waals surface area contributed by atoms with E-state index in [0.29, 0.717) is 0 Å². The molecule has 2 N–H and O–H groups in total. The fourth-order valence-electron chi connectivity index (χ4n) is 6.34. The zero-order valence-corrected chi connectivity index (χ0v) is 39.5. The molecule has 12 atom stereocenters. The molecule has 0 bridgehead atoms. The molecule has 0 spiro atoms. The zero-order chi connectivity index (χ0) is 50.1. The summed E-state index contributed by atoms with van der Waals surface area (Å²) < 4.78 is 67.2. The second-order valence-corrected chi connectivity index (χ2v) is 16.8. The number of allylic oxidation sites excluding steroid dienone is 1. The number of rotatable bonds is 21. The molecule has 2 amide bonds. The molecule has 0 aromatic carbocycles. The van der Waals surface area contributed by atoms with Crippen molar-refractivity contribution in [2.24, 2.45) is 0 Å². The summed E-state index contributed by atoms with van der Waals surface area (Å²) in [6, 6.07) is -1.29.